The molecular weight excluding hydrogens is 172 g/mol. The molecule has 0 heterocycles. The molecule has 0 amide bonds. The molecule has 0 aromatic rings. The van der Waals surface area contributed by atoms with Crippen molar-refractivity contribution in [2.24, 2.45) is 0 Å². The van der Waals surface area contributed by atoms with E-state index in [0.717, 1.165) is 0 Å². The lowest BCUT2D eigenvalue weighted by atomic mass is 10.0. The summed E-state index contributed by atoms with van der Waals surface area (Å²) < 4.78 is 23.4. The maximum absolute atomic E-state index is 11.7. The van der Waals surface area contributed by atoms with Gasteiger partial charge < -0.3 is 5.32 Å². The van der Waals surface area contributed by atoms with Gasteiger partial charge in [-0.1, -0.05) is 0 Å². The molecule has 68 valence electrons. The summed E-state index contributed by atoms with van der Waals surface area (Å²) in [6, 6.07) is 0. The van der Waals surface area contributed by atoms with Crippen molar-refractivity contribution in [1.82, 2.24) is 5.32 Å². The van der Waals surface area contributed by atoms with E-state index in [1.54, 1.807) is 20.8 Å². The average Bonchev–Trinajstić information content (AvgIpc) is 1.84. The van der Waals surface area contributed by atoms with E-state index >= 15 is 0 Å². The minimum absolute atomic E-state index is 0.166. The first-order valence-corrected chi connectivity index (χ1v) is 3.97. The smallest absolute Gasteiger partial charge is 0.250 e. The molecular formula is C7H14ClF2N. The second kappa shape index (κ2) is 4.21. The Morgan fingerprint density at radius 2 is 1.91 bits per heavy atom. The second-order valence-electron chi connectivity index (χ2n) is 3.11. The summed E-state index contributed by atoms with van der Waals surface area (Å²) >= 11 is 5.75. The molecule has 0 aliphatic carbocycles. The Morgan fingerprint density at radius 1 is 1.45 bits per heavy atom. The van der Waals surface area contributed by atoms with Crippen LogP contribution in [-0.2, 0) is 0 Å². The topological polar surface area (TPSA) is 12.0 Å². The Labute approximate surface area is 71.1 Å². The van der Waals surface area contributed by atoms with E-state index in [-0.39, 0.29) is 11.9 Å². The zero-order valence-electron chi connectivity index (χ0n) is 7.00. The van der Waals surface area contributed by atoms with Crippen molar-refractivity contribution in [2.75, 3.05) is 6.54 Å². The van der Waals surface area contributed by atoms with Crippen LogP contribution in [0.25, 0.3) is 0 Å². The van der Waals surface area contributed by atoms with Crippen LogP contribution in [-0.4, -0.2) is 23.9 Å². The molecule has 0 rings (SSSR count). The lowest BCUT2D eigenvalue weighted by Crippen LogP contribution is -2.47. The summed E-state index contributed by atoms with van der Waals surface area (Å²) in [6.07, 6.45) is -2.32. The first-order valence-electron chi connectivity index (χ1n) is 3.53. The molecule has 1 N–H and O–H groups in total. The van der Waals surface area contributed by atoms with Gasteiger partial charge in [-0.05, 0) is 20.8 Å². The van der Waals surface area contributed by atoms with Crippen molar-refractivity contribution in [3.05, 3.63) is 0 Å². The first-order chi connectivity index (χ1) is 4.86. The average molecular weight is 186 g/mol. The predicted octanol–water partition coefficient (Wildman–Crippen LogP) is 2.25. The Hall–Kier alpha value is 0.110. The first kappa shape index (κ1) is 11.1. The van der Waals surface area contributed by atoms with Crippen LogP contribution in [0.1, 0.15) is 20.8 Å². The maximum Gasteiger partial charge on any atom is 0.250 e. The summed E-state index contributed by atoms with van der Waals surface area (Å²) in [5, 5.41) is 2.51. The molecule has 1 nitrogen and oxygen atoms in total. The Kier molecular flexibility index (Phi) is 4.26. The van der Waals surface area contributed by atoms with Crippen LogP contribution in [0, 0.1) is 0 Å². The van der Waals surface area contributed by atoms with E-state index in [0.29, 0.717) is 0 Å². The monoisotopic (exact) mass is 185 g/mol. The number of hydrogen-bond acceptors (Lipinski definition) is 1. The van der Waals surface area contributed by atoms with E-state index < -0.39 is 12.0 Å². The zero-order valence-corrected chi connectivity index (χ0v) is 7.75. The lowest BCUT2D eigenvalue weighted by molar-refractivity contribution is 0.133. The van der Waals surface area contributed by atoms with Crippen molar-refractivity contribution in [1.29, 1.82) is 0 Å². The van der Waals surface area contributed by atoms with Crippen molar-refractivity contribution < 1.29 is 8.78 Å². The minimum atomic E-state index is -2.32. The third kappa shape index (κ3) is 4.53. The molecule has 4 heteroatoms. The molecule has 0 saturated heterocycles. The SMILES string of the molecule is CC(Cl)C(C)(C)NCC(F)F. The standard InChI is InChI=1S/C7H14ClF2N/c1-5(8)7(2,3)11-4-6(9)10/h5-6,11H,4H2,1-3H3. The maximum atomic E-state index is 11.7. The fourth-order valence-corrected chi connectivity index (χ4v) is 0.558. The van der Waals surface area contributed by atoms with Crippen LogP contribution in [0.2, 0.25) is 0 Å². The normalized spacial score (nSPS) is 15.5. The van der Waals surface area contributed by atoms with E-state index in [4.69, 9.17) is 11.6 Å². The summed E-state index contributed by atoms with van der Waals surface area (Å²) in [5.74, 6) is 0. The largest absolute Gasteiger partial charge is 0.305 e. The molecule has 0 saturated carbocycles. The Balaban J connectivity index is 3.73. The Bertz CT molecular complexity index is 115. The van der Waals surface area contributed by atoms with Crippen LogP contribution < -0.4 is 5.32 Å². The van der Waals surface area contributed by atoms with Gasteiger partial charge in [-0.25, -0.2) is 8.78 Å². The fraction of sp³-hybridized carbons (Fsp3) is 1.00. The summed E-state index contributed by atoms with van der Waals surface area (Å²) in [6.45, 7) is 5.07. The fourth-order valence-electron chi connectivity index (χ4n) is 0.481. The van der Waals surface area contributed by atoms with Gasteiger partial charge in [0.1, 0.15) is 0 Å². The van der Waals surface area contributed by atoms with Crippen LogP contribution in [0.3, 0.4) is 0 Å². The molecule has 0 fully saturated rings. The van der Waals surface area contributed by atoms with Gasteiger partial charge in [0.2, 0.25) is 0 Å². The van der Waals surface area contributed by atoms with Gasteiger partial charge in [-0.3, -0.25) is 0 Å². The highest BCUT2D eigenvalue weighted by Gasteiger charge is 2.24. The van der Waals surface area contributed by atoms with Gasteiger partial charge in [0.25, 0.3) is 6.43 Å². The number of nitrogens with one attached hydrogen (secondary N) is 1. The molecule has 1 atom stereocenters. The van der Waals surface area contributed by atoms with E-state index in [9.17, 15) is 8.78 Å². The predicted molar refractivity (Wildman–Crippen MR) is 43.4 cm³/mol. The highest BCUT2D eigenvalue weighted by molar-refractivity contribution is 6.21. The quantitative estimate of drug-likeness (QED) is 0.663. The van der Waals surface area contributed by atoms with Crippen LogP contribution in [0.15, 0.2) is 0 Å². The van der Waals surface area contributed by atoms with E-state index in [2.05, 4.69) is 5.32 Å². The van der Waals surface area contributed by atoms with Crippen molar-refractivity contribution >= 4 is 11.6 Å². The molecule has 0 aliphatic rings. The van der Waals surface area contributed by atoms with Gasteiger partial charge in [0.15, 0.2) is 0 Å². The lowest BCUT2D eigenvalue weighted by Gasteiger charge is -2.28. The van der Waals surface area contributed by atoms with Crippen LogP contribution >= 0.6 is 11.6 Å². The van der Waals surface area contributed by atoms with Gasteiger partial charge >= 0.3 is 0 Å². The molecule has 0 aliphatic heterocycles. The molecule has 0 aromatic heterocycles. The molecule has 0 bridgehead atoms. The molecule has 0 radical (unpaired) electrons. The van der Waals surface area contributed by atoms with Crippen molar-refractivity contribution in [2.45, 2.75) is 38.1 Å². The number of hydrogen-bond donors (Lipinski definition) is 1. The van der Waals surface area contributed by atoms with E-state index in [1.807, 2.05) is 0 Å². The van der Waals surface area contributed by atoms with Crippen molar-refractivity contribution in [3.63, 3.8) is 0 Å². The zero-order chi connectivity index (χ0) is 9.07. The Morgan fingerprint density at radius 3 is 2.18 bits per heavy atom. The highest BCUT2D eigenvalue weighted by atomic mass is 35.5. The van der Waals surface area contributed by atoms with Gasteiger partial charge in [0, 0.05) is 10.9 Å². The van der Waals surface area contributed by atoms with Gasteiger partial charge in [-0.15, -0.1) is 11.6 Å². The minimum Gasteiger partial charge on any atom is -0.305 e. The molecule has 1 unspecified atom stereocenters. The van der Waals surface area contributed by atoms with Crippen molar-refractivity contribution in [3.8, 4) is 0 Å². The summed E-state index contributed by atoms with van der Waals surface area (Å²) in [4.78, 5) is 0. The summed E-state index contributed by atoms with van der Waals surface area (Å²) in [7, 11) is 0. The second-order valence-corrected chi connectivity index (χ2v) is 3.76. The molecule has 11 heavy (non-hydrogen) atoms. The third-order valence-electron chi connectivity index (χ3n) is 1.71. The number of alkyl halides is 3. The van der Waals surface area contributed by atoms with Gasteiger partial charge in [0.05, 0.1) is 6.54 Å². The third-order valence-corrected chi connectivity index (χ3v) is 2.25. The van der Waals surface area contributed by atoms with Crippen LogP contribution in [0.5, 0.6) is 0 Å². The number of halogens is 3. The molecule has 0 spiro atoms. The molecule has 0 aromatic carbocycles. The van der Waals surface area contributed by atoms with Gasteiger partial charge in [-0.2, -0.15) is 0 Å². The summed E-state index contributed by atoms with van der Waals surface area (Å²) in [5.41, 5.74) is -0.433. The highest BCUT2D eigenvalue weighted by Crippen LogP contribution is 2.14. The van der Waals surface area contributed by atoms with E-state index in [1.165, 1.54) is 0 Å². The number of rotatable bonds is 4. The van der Waals surface area contributed by atoms with Crippen LogP contribution in [0.4, 0.5) is 8.78 Å².